The van der Waals surface area contributed by atoms with Crippen molar-refractivity contribution < 1.29 is 9.84 Å². The number of aliphatic hydroxyl groups is 1. The van der Waals surface area contributed by atoms with Crippen LogP contribution in [0.15, 0.2) is 0 Å². The maximum atomic E-state index is 9.11. The molecule has 1 fully saturated rings. The van der Waals surface area contributed by atoms with Crippen molar-refractivity contribution in [3.05, 3.63) is 0 Å². The third-order valence-electron chi connectivity index (χ3n) is 4.28. The topological polar surface area (TPSA) is 32.7 Å². The van der Waals surface area contributed by atoms with Crippen molar-refractivity contribution in [3.63, 3.8) is 0 Å². The minimum atomic E-state index is 0. The fourth-order valence-corrected chi connectivity index (χ4v) is 3.27. The maximum Gasteiger partial charge on any atom is 0.0622 e. The highest BCUT2D eigenvalue weighted by molar-refractivity contribution is 5.85. The van der Waals surface area contributed by atoms with Gasteiger partial charge in [0, 0.05) is 19.1 Å². The van der Waals surface area contributed by atoms with Gasteiger partial charge in [0.2, 0.25) is 0 Å². The summed E-state index contributed by atoms with van der Waals surface area (Å²) in [5.41, 5.74) is 0. The van der Waals surface area contributed by atoms with Gasteiger partial charge < -0.3 is 9.84 Å². The summed E-state index contributed by atoms with van der Waals surface area (Å²) in [4.78, 5) is 2.40. The molecule has 0 aliphatic carbocycles. The lowest BCUT2D eigenvalue weighted by Crippen LogP contribution is -2.46. The molecule has 1 atom stereocenters. The minimum absolute atomic E-state index is 0. The lowest BCUT2D eigenvalue weighted by atomic mass is 9.91. The van der Waals surface area contributed by atoms with E-state index in [-0.39, 0.29) is 19.0 Å². The molecule has 0 unspecified atom stereocenters. The number of hydrogen-bond acceptors (Lipinski definition) is 3. The molecule has 0 aromatic rings. The van der Waals surface area contributed by atoms with Crippen LogP contribution in [0.25, 0.3) is 0 Å². The summed E-state index contributed by atoms with van der Waals surface area (Å²) < 4.78 is 5.59. The van der Waals surface area contributed by atoms with Crippen LogP contribution < -0.4 is 0 Å². The van der Waals surface area contributed by atoms with Crippen LogP contribution >= 0.6 is 12.4 Å². The van der Waals surface area contributed by atoms with Crippen LogP contribution in [-0.2, 0) is 4.74 Å². The molecule has 0 aromatic carbocycles. The Hall–Kier alpha value is 0.170. The molecule has 1 aliphatic rings. The van der Waals surface area contributed by atoms with Gasteiger partial charge in [0.15, 0.2) is 0 Å². The number of aliphatic hydroxyl groups excluding tert-OH is 1. The second kappa shape index (κ2) is 12.9. The highest BCUT2D eigenvalue weighted by Crippen LogP contribution is 2.22. The van der Waals surface area contributed by atoms with Crippen molar-refractivity contribution in [2.45, 2.75) is 64.8 Å². The summed E-state index contributed by atoms with van der Waals surface area (Å²) in [6, 6.07) is 0.532. The Morgan fingerprint density at radius 1 is 1.20 bits per heavy atom. The summed E-state index contributed by atoms with van der Waals surface area (Å²) in [6.07, 6.45) is 9.29. The van der Waals surface area contributed by atoms with Gasteiger partial charge in [0.1, 0.15) is 0 Å². The Morgan fingerprint density at radius 3 is 2.50 bits per heavy atom. The summed E-state index contributed by atoms with van der Waals surface area (Å²) in [6.45, 7) is 8.32. The third-order valence-corrected chi connectivity index (χ3v) is 4.28. The minimum Gasteiger partial charge on any atom is -0.395 e. The number of nitrogens with zero attached hydrogens (tertiary/aromatic N) is 1. The quantitative estimate of drug-likeness (QED) is 0.670. The number of β-amino-alcohol motifs (C(OH)–C–C–N with tert-alkyl or cyclic N) is 1. The molecular weight excluding hydrogens is 274 g/mol. The molecular formula is C16H34ClNO2. The van der Waals surface area contributed by atoms with Crippen LogP contribution in [0.4, 0.5) is 0 Å². The van der Waals surface area contributed by atoms with Gasteiger partial charge in [-0.25, -0.2) is 0 Å². The molecule has 0 spiro atoms. The SMILES string of the molecule is CCCC(CCC)CCC[C@H]1COCCN1CCO.Cl. The zero-order chi connectivity index (χ0) is 13.9. The molecule has 0 saturated carbocycles. The molecule has 4 heteroatoms. The average molecular weight is 308 g/mol. The lowest BCUT2D eigenvalue weighted by Gasteiger charge is -2.35. The van der Waals surface area contributed by atoms with Crippen LogP contribution in [-0.4, -0.2) is 49.0 Å². The van der Waals surface area contributed by atoms with Crippen molar-refractivity contribution in [3.8, 4) is 0 Å². The molecule has 122 valence electrons. The Balaban J connectivity index is 0.00000361. The van der Waals surface area contributed by atoms with Gasteiger partial charge in [-0.3, -0.25) is 4.90 Å². The Kier molecular flexibility index (Phi) is 13.0. The van der Waals surface area contributed by atoms with E-state index in [4.69, 9.17) is 9.84 Å². The van der Waals surface area contributed by atoms with Gasteiger partial charge in [-0.1, -0.05) is 52.4 Å². The van der Waals surface area contributed by atoms with Crippen molar-refractivity contribution in [1.82, 2.24) is 4.90 Å². The normalized spacial score (nSPS) is 20.1. The molecule has 0 amide bonds. The third kappa shape index (κ3) is 7.82. The van der Waals surface area contributed by atoms with Gasteiger partial charge >= 0.3 is 0 Å². The maximum absolute atomic E-state index is 9.11. The van der Waals surface area contributed by atoms with E-state index < -0.39 is 0 Å². The molecule has 1 saturated heterocycles. The molecule has 1 N–H and O–H groups in total. The summed E-state index contributed by atoms with van der Waals surface area (Å²) in [5.74, 6) is 0.922. The highest BCUT2D eigenvalue weighted by Gasteiger charge is 2.22. The molecule has 3 nitrogen and oxygen atoms in total. The van der Waals surface area contributed by atoms with Crippen LogP contribution in [0.2, 0.25) is 0 Å². The largest absolute Gasteiger partial charge is 0.395 e. The van der Waals surface area contributed by atoms with E-state index in [0.29, 0.717) is 6.04 Å². The molecule has 0 aromatic heterocycles. The second-order valence-corrected chi connectivity index (χ2v) is 5.86. The van der Waals surface area contributed by atoms with E-state index in [1.165, 1.54) is 44.9 Å². The standard InChI is InChI=1S/C16H33NO2.ClH/c1-3-6-15(7-4-2)8-5-9-16-14-19-13-11-17(16)10-12-18;/h15-16,18H,3-14H2,1-2H3;1H/t16-;/m0./s1. The molecule has 0 radical (unpaired) electrons. The van der Waals surface area contributed by atoms with E-state index in [0.717, 1.165) is 32.2 Å². The van der Waals surface area contributed by atoms with Crippen LogP contribution in [0, 0.1) is 5.92 Å². The zero-order valence-electron chi connectivity index (χ0n) is 13.4. The predicted molar refractivity (Wildman–Crippen MR) is 87.7 cm³/mol. The van der Waals surface area contributed by atoms with Crippen molar-refractivity contribution >= 4 is 12.4 Å². The van der Waals surface area contributed by atoms with Gasteiger partial charge in [0.05, 0.1) is 19.8 Å². The lowest BCUT2D eigenvalue weighted by molar-refractivity contribution is -0.0174. The first-order valence-corrected chi connectivity index (χ1v) is 8.24. The predicted octanol–water partition coefficient (Wildman–Crippen LogP) is 3.49. The first kappa shape index (κ1) is 20.2. The molecule has 20 heavy (non-hydrogen) atoms. The number of halogens is 1. The molecule has 1 heterocycles. The Labute approximate surface area is 131 Å². The Morgan fingerprint density at radius 2 is 1.90 bits per heavy atom. The fourth-order valence-electron chi connectivity index (χ4n) is 3.27. The van der Waals surface area contributed by atoms with Crippen molar-refractivity contribution in [2.24, 2.45) is 5.92 Å². The second-order valence-electron chi connectivity index (χ2n) is 5.86. The first-order valence-electron chi connectivity index (χ1n) is 8.24. The number of rotatable bonds is 10. The first-order chi connectivity index (χ1) is 9.31. The fraction of sp³-hybridized carbons (Fsp3) is 1.00. The van der Waals surface area contributed by atoms with E-state index in [9.17, 15) is 0 Å². The number of ether oxygens (including phenoxy) is 1. The van der Waals surface area contributed by atoms with Gasteiger partial charge in [-0.15, -0.1) is 12.4 Å². The monoisotopic (exact) mass is 307 g/mol. The van der Waals surface area contributed by atoms with Gasteiger partial charge in [-0.05, 0) is 12.3 Å². The summed E-state index contributed by atoms with van der Waals surface area (Å²) in [5, 5.41) is 9.11. The summed E-state index contributed by atoms with van der Waals surface area (Å²) >= 11 is 0. The summed E-state index contributed by atoms with van der Waals surface area (Å²) in [7, 11) is 0. The van der Waals surface area contributed by atoms with E-state index in [2.05, 4.69) is 18.7 Å². The van der Waals surface area contributed by atoms with Gasteiger partial charge in [0.25, 0.3) is 0 Å². The van der Waals surface area contributed by atoms with Crippen LogP contribution in [0.3, 0.4) is 0 Å². The van der Waals surface area contributed by atoms with Crippen molar-refractivity contribution in [1.29, 1.82) is 0 Å². The highest BCUT2D eigenvalue weighted by atomic mass is 35.5. The number of morpholine rings is 1. The van der Waals surface area contributed by atoms with Crippen LogP contribution in [0.1, 0.15) is 58.8 Å². The van der Waals surface area contributed by atoms with Crippen LogP contribution in [0.5, 0.6) is 0 Å². The van der Waals surface area contributed by atoms with Gasteiger partial charge in [-0.2, -0.15) is 0 Å². The molecule has 0 bridgehead atoms. The molecule has 1 aliphatic heterocycles. The van der Waals surface area contributed by atoms with Crippen molar-refractivity contribution in [2.75, 3.05) is 32.9 Å². The average Bonchev–Trinajstić information content (AvgIpc) is 2.41. The zero-order valence-corrected chi connectivity index (χ0v) is 14.2. The Bertz CT molecular complexity index is 209. The number of hydrogen-bond donors (Lipinski definition) is 1. The van der Waals surface area contributed by atoms with E-state index in [1.807, 2.05) is 0 Å². The van der Waals surface area contributed by atoms with E-state index >= 15 is 0 Å². The smallest absolute Gasteiger partial charge is 0.0622 e. The van der Waals surface area contributed by atoms with E-state index in [1.54, 1.807) is 0 Å². The molecule has 1 rings (SSSR count).